The summed E-state index contributed by atoms with van der Waals surface area (Å²) in [5.41, 5.74) is 7.55. The molecule has 0 atom stereocenters. The Morgan fingerprint density at radius 2 is 2.17 bits per heavy atom. The maximum absolute atomic E-state index is 12.2. The average molecular weight is 308 g/mol. The predicted molar refractivity (Wildman–Crippen MR) is 83.6 cm³/mol. The van der Waals surface area contributed by atoms with Gasteiger partial charge in [0.15, 0.2) is 11.3 Å². The number of carbonyl (C=O) groups excluding carboxylic acids is 1. The molecule has 0 saturated carbocycles. The van der Waals surface area contributed by atoms with E-state index in [9.17, 15) is 4.79 Å². The molecule has 1 amide bonds. The van der Waals surface area contributed by atoms with Crippen molar-refractivity contribution in [3.8, 4) is 0 Å². The summed E-state index contributed by atoms with van der Waals surface area (Å²) in [6.45, 7) is 0.0395. The van der Waals surface area contributed by atoms with Gasteiger partial charge in [0, 0.05) is 23.3 Å². The van der Waals surface area contributed by atoms with Crippen molar-refractivity contribution in [3.05, 3.63) is 43.0 Å². The first-order valence-corrected chi connectivity index (χ1v) is 6.86. The molecule has 0 fully saturated rings. The standard InChI is InChI=1S/C14H12N8O/c15-11-2-1-9-6-17-22(14(9)20-11)7-13(23)19-10-3-4-21-12(5-10)16-8-18-21/h1-6,8H,7H2,(H2,15,20)(H,19,23). The van der Waals surface area contributed by atoms with E-state index < -0.39 is 0 Å². The Bertz CT molecular complexity index is 1020. The lowest BCUT2D eigenvalue weighted by molar-refractivity contribution is -0.116. The number of nitrogens with two attached hydrogens (primary N) is 1. The molecule has 0 unspecified atom stereocenters. The number of hydrogen-bond acceptors (Lipinski definition) is 6. The van der Waals surface area contributed by atoms with Crippen LogP contribution in [0.4, 0.5) is 11.5 Å². The number of hydrogen-bond donors (Lipinski definition) is 2. The molecule has 9 heteroatoms. The van der Waals surface area contributed by atoms with Gasteiger partial charge in [-0.2, -0.15) is 10.2 Å². The van der Waals surface area contributed by atoms with E-state index in [0.29, 0.717) is 22.8 Å². The van der Waals surface area contributed by atoms with Crippen molar-refractivity contribution in [1.82, 2.24) is 29.4 Å². The zero-order valence-electron chi connectivity index (χ0n) is 11.9. The minimum atomic E-state index is -0.219. The fraction of sp³-hybridized carbons (Fsp3) is 0.0714. The Kier molecular flexibility index (Phi) is 2.90. The molecule has 0 bridgehead atoms. The number of carbonyl (C=O) groups is 1. The normalized spacial score (nSPS) is 11.1. The van der Waals surface area contributed by atoms with Gasteiger partial charge in [-0.15, -0.1) is 0 Å². The lowest BCUT2D eigenvalue weighted by atomic mass is 10.3. The van der Waals surface area contributed by atoms with Crippen LogP contribution in [-0.4, -0.2) is 35.3 Å². The highest BCUT2D eigenvalue weighted by Crippen LogP contribution is 2.14. The Balaban J connectivity index is 1.55. The molecule has 114 valence electrons. The van der Waals surface area contributed by atoms with E-state index in [2.05, 4.69) is 25.5 Å². The first-order chi connectivity index (χ1) is 11.2. The van der Waals surface area contributed by atoms with Crippen LogP contribution >= 0.6 is 0 Å². The lowest BCUT2D eigenvalue weighted by Crippen LogP contribution is -2.19. The van der Waals surface area contributed by atoms with Crippen molar-refractivity contribution in [3.63, 3.8) is 0 Å². The number of nitrogens with one attached hydrogen (secondary N) is 1. The van der Waals surface area contributed by atoms with Gasteiger partial charge in [-0.1, -0.05) is 0 Å². The maximum Gasteiger partial charge on any atom is 0.246 e. The predicted octanol–water partition coefficient (Wildman–Crippen LogP) is 0.695. The molecular formula is C14H12N8O. The monoisotopic (exact) mass is 308 g/mol. The molecule has 9 nitrogen and oxygen atoms in total. The zero-order chi connectivity index (χ0) is 15.8. The van der Waals surface area contributed by atoms with Crippen LogP contribution in [0.3, 0.4) is 0 Å². The highest BCUT2D eigenvalue weighted by molar-refractivity contribution is 5.91. The number of nitrogens with zero attached hydrogens (tertiary/aromatic N) is 6. The molecule has 23 heavy (non-hydrogen) atoms. The summed E-state index contributed by atoms with van der Waals surface area (Å²) in [5.74, 6) is 0.167. The second-order valence-electron chi connectivity index (χ2n) is 4.98. The van der Waals surface area contributed by atoms with Crippen molar-refractivity contribution in [1.29, 1.82) is 0 Å². The van der Waals surface area contributed by atoms with E-state index in [4.69, 9.17) is 5.73 Å². The maximum atomic E-state index is 12.2. The summed E-state index contributed by atoms with van der Waals surface area (Å²) in [7, 11) is 0. The highest BCUT2D eigenvalue weighted by Gasteiger charge is 2.10. The largest absolute Gasteiger partial charge is 0.384 e. The summed E-state index contributed by atoms with van der Waals surface area (Å²) in [5, 5.41) is 11.8. The van der Waals surface area contributed by atoms with Crippen molar-refractivity contribution in [2.75, 3.05) is 11.1 Å². The fourth-order valence-electron chi connectivity index (χ4n) is 2.31. The summed E-state index contributed by atoms with van der Waals surface area (Å²) in [4.78, 5) is 20.5. The van der Waals surface area contributed by atoms with Crippen LogP contribution in [-0.2, 0) is 11.3 Å². The van der Waals surface area contributed by atoms with Gasteiger partial charge in [0.05, 0.1) is 6.20 Å². The molecule has 3 N–H and O–H groups in total. The molecule has 4 rings (SSSR count). The molecule has 0 radical (unpaired) electrons. The van der Waals surface area contributed by atoms with Crippen LogP contribution in [0.15, 0.2) is 43.0 Å². The van der Waals surface area contributed by atoms with Crippen molar-refractivity contribution in [2.24, 2.45) is 0 Å². The molecule has 4 aromatic rings. The third-order valence-corrected chi connectivity index (χ3v) is 3.37. The smallest absolute Gasteiger partial charge is 0.246 e. The van der Waals surface area contributed by atoms with E-state index in [0.717, 1.165) is 5.39 Å². The number of nitrogen functional groups attached to an aromatic ring is 1. The number of rotatable bonds is 3. The Labute approximate surface area is 129 Å². The summed E-state index contributed by atoms with van der Waals surface area (Å²) < 4.78 is 3.12. The van der Waals surface area contributed by atoms with Gasteiger partial charge in [-0.05, 0) is 18.2 Å². The Morgan fingerprint density at radius 1 is 1.26 bits per heavy atom. The van der Waals surface area contributed by atoms with Crippen molar-refractivity contribution < 1.29 is 4.79 Å². The van der Waals surface area contributed by atoms with Gasteiger partial charge < -0.3 is 11.1 Å². The van der Waals surface area contributed by atoms with Gasteiger partial charge in [-0.3, -0.25) is 4.79 Å². The molecule has 4 heterocycles. The number of fused-ring (bicyclic) bond motifs is 2. The Hall–Kier alpha value is -3.49. The van der Waals surface area contributed by atoms with Crippen molar-refractivity contribution in [2.45, 2.75) is 6.54 Å². The van der Waals surface area contributed by atoms with E-state index >= 15 is 0 Å². The Morgan fingerprint density at radius 3 is 3.09 bits per heavy atom. The van der Waals surface area contributed by atoms with E-state index in [-0.39, 0.29) is 12.5 Å². The van der Waals surface area contributed by atoms with Gasteiger partial charge >= 0.3 is 0 Å². The summed E-state index contributed by atoms with van der Waals surface area (Å²) >= 11 is 0. The summed E-state index contributed by atoms with van der Waals surface area (Å²) in [6, 6.07) is 7.00. The number of anilines is 2. The minimum Gasteiger partial charge on any atom is -0.384 e. The van der Waals surface area contributed by atoms with Gasteiger partial charge in [0.1, 0.15) is 18.7 Å². The minimum absolute atomic E-state index is 0.0395. The van der Waals surface area contributed by atoms with E-state index in [1.54, 1.807) is 35.1 Å². The van der Waals surface area contributed by atoms with Crippen LogP contribution in [0, 0.1) is 0 Å². The third-order valence-electron chi connectivity index (χ3n) is 3.37. The number of pyridine rings is 2. The van der Waals surface area contributed by atoms with Crippen LogP contribution in [0.2, 0.25) is 0 Å². The average Bonchev–Trinajstić information content (AvgIpc) is 3.14. The van der Waals surface area contributed by atoms with Crippen LogP contribution in [0.5, 0.6) is 0 Å². The topological polar surface area (TPSA) is 116 Å². The molecule has 4 aromatic heterocycles. The van der Waals surface area contributed by atoms with Gasteiger partial charge in [0.2, 0.25) is 5.91 Å². The first-order valence-electron chi connectivity index (χ1n) is 6.86. The first kappa shape index (κ1) is 13.2. The third kappa shape index (κ3) is 2.44. The molecular weight excluding hydrogens is 296 g/mol. The van der Waals surface area contributed by atoms with Gasteiger partial charge in [0.25, 0.3) is 0 Å². The molecule has 0 saturated heterocycles. The van der Waals surface area contributed by atoms with E-state index in [1.165, 1.54) is 11.0 Å². The molecule has 0 aliphatic rings. The molecule has 0 spiro atoms. The molecule has 0 aliphatic carbocycles. The van der Waals surface area contributed by atoms with E-state index in [1.807, 2.05) is 6.07 Å². The molecule has 0 aromatic carbocycles. The van der Waals surface area contributed by atoms with Gasteiger partial charge in [-0.25, -0.2) is 19.2 Å². The SMILES string of the molecule is Nc1ccc2cnn(CC(=O)Nc3ccn4ncnc4c3)c2n1. The van der Waals surface area contributed by atoms with Crippen molar-refractivity contribution >= 4 is 34.1 Å². The molecule has 0 aliphatic heterocycles. The fourth-order valence-corrected chi connectivity index (χ4v) is 2.31. The second-order valence-corrected chi connectivity index (χ2v) is 4.98. The highest BCUT2D eigenvalue weighted by atomic mass is 16.2. The quantitative estimate of drug-likeness (QED) is 0.575. The number of amides is 1. The van der Waals surface area contributed by atoms with Crippen LogP contribution in [0.1, 0.15) is 0 Å². The second kappa shape index (κ2) is 5.05. The zero-order valence-corrected chi connectivity index (χ0v) is 11.9. The summed E-state index contributed by atoms with van der Waals surface area (Å²) in [6.07, 6.45) is 4.83. The van der Waals surface area contributed by atoms with Crippen LogP contribution < -0.4 is 11.1 Å². The van der Waals surface area contributed by atoms with Crippen LogP contribution in [0.25, 0.3) is 16.7 Å². The number of aromatic nitrogens is 6. The lowest BCUT2D eigenvalue weighted by Gasteiger charge is -2.06.